The number of ketones is 1. The van der Waals surface area contributed by atoms with Crippen LogP contribution in [0.4, 0.5) is 0 Å². The van der Waals surface area contributed by atoms with Gasteiger partial charge in [0.1, 0.15) is 12.2 Å². The van der Waals surface area contributed by atoms with Crippen molar-refractivity contribution in [3.05, 3.63) is 0 Å². The van der Waals surface area contributed by atoms with Gasteiger partial charge in [-0.25, -0.2) is 0 Å². The van der Waals surface area contributed by atoms with E-state index in [2.05, 4.69) is 5.32 Å². The zero-order valence-electron chi connectivity index (χ0n) is 7.34. The van der Waals surface area contributed by atoms with E-state index in [9.17, 15) is 4.79 Å². The first-order chi connectivity index (χ1) is 6.08. The molecule has 3 atom stereocenters. The van der Waals surface area contributed by atoms with Crippen molar-refractivity contribution in [1.29, 1.82) is 0 Å². The minimum atomic E-state index is -1.67. The second-order valence-electron chi connectivity index (χ2n) is 2.62. The number of aliphatic hydroxyl groups is 4. The Balaban J connectivity index is 4.22. The third-order valence-corrected chi connectivity index (χ3v) is 1.72. The highest BCUT2D eigenvalue weighted by Gasteiger charge is 2.28. The summed E-state index contributed by atoms with van der Waals surface area (Å²) in [6, 6.07) is -0.920. The number of aliphatic hydroxyl groups excluding tert-OH is 4. The van der Waals surface area contributed by atoms with Crippen molar-refractivity contribution >= 4 is 5.78 Å². The van der Waals surface area contributed by atoms with E-state index in [-0.39, 0.29) is 0 Å². The zero-order valence-corrected chi connectivity index (χ0v) is 7.34. The van der Waals surface area contributed by atoms with Crippen LogP contribution in [0.3, 0.4) is 0 Å². The molecule has 0 rings (SSSR count). The van der Waals surface area contributed by atoms with Crippen LogP contribution in [-0.4, -0.2) is 64.7 Å². The van der Waals surface area contributed by atoms with Crippen molar-refractivity contribution in [2.45, 2.75) is 18.2 Å². The summed E-state index contributed by atoms with van der Waals surface area (Å²) in [5, 5.41) is 37.6. The summed E-state index contributed by atoms with van der Waals surface area (Å²) in [6.07, 6.45) is -3.18. The van der Waals surface area contributed by atoms with E-state index in [4.69, 9.17) is 20.4 Å². The fourth-order valence-corrected chi connectivity index (χ4v) is 0.819. The molecule has 6 nitrogen and oxygen atoms in total. The Hall–Kier alpha value is -0.530. The van der Waals surface area contributed by atoms with Crippen molar-refractivity contribution in [3.63, 3.8) is 0 Å². The van der Waals surface area contributed by atoms with Crippen LogP contribution < -0.4 is 5.32 Å². The molecule has 0 bridgehead atoms. The topological polar surface area (TPSA) is 110 Å². The Morgan fingerprint density at radius 2 is 1.85 bits per heavy atom. The van der Waals surface area contributed by atoms with Crippen molar-refractivity contribution in [3.8, 4) is 0 Å². The highest BCUT2D eigenvalue weighted by atomic mass is 16.4. The number of likely N-dealkylation sites (N-methyl/N-ethyl adjacent to an activating group) is 1. The lowest BCUT2D eigenvalue weighted by molar-refractivity contribution is -0.137. The zero-order chi connectivity index (χ0) is 10.4. The molecule has 13 heavy (non-hydrogen) atoms. The van der Waals surface area contributed by atoms with Crippen LogP contribution in [0.15, 0.2) is 0 Å². The lowest BCUT2D eigenvalue weighted by atomic mass is 10.0. The molecule has 0 aromatic carbocycles. The number of carbonyl (C=O) groups is 1. The maximum Gasteiger partial charge on any atom is 0.183 e. The molecular weight excluding hydrogens is 178 g/mol. The van der Waals surface area contributed by atoms with Gasteiger partial charge in [-0.2, -0.15) is 0 Å². The van der Waals surface area contributed by atoms with Crippen LogP contribution >= 0.6 is 0 Å². The fourth-order valence-electron chi connectivity index (χ4n) is 0.819. The number of nitrogens with one attached hydrogen (secondary N) is 1. The molecule has 0 aromatic heterocycles. The molecule has 0 aliphatic heterocycles. The molecule has 0 fully saturated rings. The van der Waals surface area contributed by atoms with Crippen LogP contribution in [0.25, 0.3) is 0 Å². The van der Waals surface area contributed by atoms with Gasteiger partial charge in [0.05, 0.1) is 19.3 Å². The number of hydrogen-bond donors (Lipinski definition) is 5. The molecule has 0 aliphatic carbocycles. The summed E-state index contributed by atoms with van der Waals surface area (Å²) in [4.78, 5) is 11.2. The van der Waals surface area contributed by atoms with Crippen LogP contribution in [0.2, 0.25) is 0 Å². The first-order valence-electron chi connectivity index (χ1n) is 3.87. The second-order valence-corrected chi connectivity index (χ2v) is 2.62. The molecule has 0 saturated heterocycles. The predicted molar refractivity (Wildman–Crippen MR) is 44.0 cm³/mol. The highest BCUT2D eigenvalue weighted by Crippen LogP contribution is 1.98. The molecule has 0 heterocycles. The highest BCUT2D eigenvalue weighted by molar-refractivity contribution is 5.88. The van der Waals surface area contributed by atoms with Gasteiger partial charge in [0.25, 0.3) is 0 Å². The van der Waals surface area contributed by atoms with Crippen molar-refractivity contribution in [2.24, 2.45) is 0 Å². The fraction of sp³-hybridized carbons (Fsp3) is 0.857. The monoisotopic (exact) mass is 193 g/mol. The molecule has 0 aromatic rings. The summed E-state index contributed by atoms with van der Waals surface area (Å²) >= 11 is 0. The molecule has 6 heteroatoms. The SMILES string of the molecule is CN[C@@H](CO)C(=O)[C@@H](O)[C@H](O)CO. The Bertz CT molecular complexity index is 159. The van der Waals surface area contributed by atoms with Gasteiger partial charge in [-0.05, 0) is 7.05 Å². The van der Waals surface area contributed by atoms with E-state index in [1.165, 1.54) is 7.05 Å². The lowest BCUT2D eigenvalue weighted by Crippen LogP contribution is -2.48. The van der Waals surface area contributed by atoms with Crippen molar-refractivity contribution in [2.75, 3.05) is 20.3 Å². The van der Waals surface area contributed by atoms with E-state index in [1.54, 1.807) is 0 Å². The summed E-state index contributed by atoms with van der Waals surface area (Å²) in [5.74, 6) is -0.744. The van der Waals surface area contributed by atoms with Gasteiger partial charge in [-0.3, -0.25) is 4.79 Å². The van der Waals surface area contributed by atoms with E-state index in [0.29, 0.717) is 0 Å². The number of rotatable bonds is 6. The third kappa shape index (κ3) is 3.37. The normalized spacial score (nSPS) is 17.9. The average Bonchev–Trinajstić information content (AvgIpc) is 2.17. The van der Waals surface area contributed by atoms with Crippen LogP contribution in [-0.2, 0) is 4.79 Å². The van der Waals surface area contributed by atoms with E-state index in [1.807, 2.05) is 0 Å². The molecule has 0 radical (unpaired) electrons. The van der Waals surface area contributed by atoms with Gasteiger partial charge in [0.15, 0.2) is 5.78 Å². The maximum atomic E-state index is 11.2. The third-order valence-electron chi connectivity index (χ3n) is 1.72. The number of hydrogen-bond acceptors (Lipinski definition) is 6. The van der Waals surface area contributed by atoms with Crippen LogP contribution in [0.1, 0.15) is 0 Å². The minimum absolute atomic E-state index is 0.468. The molecule has 0 saturated carbocycles. The van der Waals surface area contributed by atoms with Crippen molar-refractivity contribution < 1.29 is 25.2 Å². The lowest BCUT2D eigenvalue weighted by Gasteiger charge is -2.19. The molecule has 5 N–H and O–H groups in total. The first-order valence-corrected chi connectivity index (χ1v) is 3.87. The standard InChI is InChI=1S/C7H15NO5/c1-8-4(2-9)6(12)7(13)5(11)3-10/h4-5,7-11,13H,2-3H2,1H3/t4-,5+,7-/m0/s1. The van der Waals surface area contributed by atoms with E-state index in [0.717, 1.165) is 0 Å². The van der Waals surface area contributed by atoms with E-state index < -0.39 is 37.2 Å². The Morgan fingerprint density at radius 3 is 2.15 bits per heavy atom. The molecule has 0 spiro atoms. The van der Waals surface area contributed by atoms with Gasteiger partial charge in [-0.15, -0.1) is 0 Å². The smallest absolute Gasteiger partial charge is 0.183 e. The van der Waals surface area contributed by atoms with E-state index >= 15 is 0 Å². The molecule has 0 unspecified atom stereocenters. The van der Waals surface area contributed by atoms with Crippen LogP contribution in [0.5, 0.6) is 0 Å². The average molecular weight is 193 g/mol. The predicted octanol–water partition coefficient (Wildman–Crippen LogP) is -3.15. The second kappa shape index (κ2) is 6.01. The molecule has 0 amide bonds. The summed E-state index contributed by atoms with van der Waals surface area (Å²) in [6.45, 7) is -1.17. The Labute approximate surface area is 75.8 Å². The summed E-state index contributed by atoms with van der Waals surface area (Å²) in [5.41, 5.74) is 0. The molecule has 78 valence electrons. The summed E-state index contributed by atoms with van der Waals surface area (Å²) in [7, 11) is 1.44. The van der Waals surface area contributed by atoms with Crippen LogP contribution in [0, 0.1) is 0 Å². The first kappa shape index (κ1) is 12.5. The van der Waals surface area contributed by atoms with Gasteiger partial charge in [-0.1, -0.05) is 0 Å². The van der Waals surface area contributed by atoms with Gasteiger partial charge in [0.2, 0.25) is 0 Å². The number of carbonyl (C=O) groups excluding carboxylic acids is 1. The van der Waals surface area contributed by atoms with Crippen molar-refractivity contribution in [1.82, 2.24) is 5.32 Å². The quantitative estimate of drug-likeness (QED) is 0.305. The van der Waals surface area contributed by atoms with Gasteiger partial charge >= 0.3 is 0 Å². The molecule has 0 aliphatic rings. The maximum absolute atomic E-state index is 11.2. The number of Topliss-reactive ketones (excluding diaryl/α,β-unsaturated/α-hetero) is 1. The molecular formula is C7H15NO5. The van der Waals surface area contributed by atoms with Gasteiger partial charge in [0, 0.05) is 0 Å². The largest absolute Gasteiger partial charge is 0.394 e. The minimum Gasteiger partial charge on any atom is -0.394 e. The Kier molecular flexibility index (Phi) is 5.76. The summed E-state index contributed by atoms with van der Waals surface area (Å²) < 4.78 is 0. The van der Waals surface area contributed by atoms with Gasteiger partial charge < -0.3 is 25.7 Å². The Morgan fingerprint density at radius 1 is 1.31 bits per heavy atom.